The fourth-order valence-electron chi connectivity index (χ4n) is 4.39. The van der Waals surface area contributed by atoms with E-state index in [0.717, 1.165) is 48.4 Å². The molecule has 2 aromatic rings. The Labute approximate surface area is 202 Å². The van der Waals surface area contributed by atoms with Crippen molar-refractivity contribution < 1.29 is 19.0 Å². The van der Waals surface area contributed by atoms with Gasteiger partial charge in [-0.15, -0.1) is 0 Å². The first-order valence-electron chi connectivity index (χ1n) is 11.9. The summed E-state index contributed by atoms with van der Waals surface area (Å²) >= 11 is 0. The molecule has 1 saturated heterocycles. The molecule has 1 N–H and O–H groups in total. The third-order valence-electron chi connectivity index (χ3n) is 6.33. The average Bonchev–Trinajstić information content (AvgIpc) is 2.72. The standard InChI is InChI=1S/C28H37FN2O3/c1-18-22(13-10-20-8-11-21(29)12-9-20)24(31-16-14-28(6,7)15-17-31)23(19(2)30-18)25(26(32)33)34-27(3,4)5/h8-13,25H,14-17H2,1-7H3,(H,32,33)/t25-/m0/s1. The zero-order chi connectivity index (χ0) is 25.3. The monoisotopic (exact) mass is 468 g/mol. The van der Waals surface area contributed by atoms with Crippen LogP contribution >= 0.6 is 0 Å². The van der Waals surface area contributed by atoms with Crippen LogP contribution < -0.4 is 4.90 Å². The van der Waals surface area contributed by atoms with Gasteiger partial charge in [-0.2, -0.15) is 0 Å². The first kappa shape index (κ1) is 25.9. The van der Waals surface area contributed by atoms with Crippen molar-refractivity contribution in [2.75, 3.05) is 18.0 Å². The molecule has 0 unspecified atom stereocenters. The molecule has 0 aliphatic carbocycles. The highest BCUT2D eigenvalue weighted by molar-refractivity contribution is 5.85. The predicted octanol–water partition coefficient (Wildman–Crippen LogP) is 6.58. The number of carboxylic acids is 1. The van der Waals surface area contributed by atoms with Gasteiger partial charge >= 0.3 is 5.97 Å². The molecule has 34 heavy (non-hydrogen) atoms. The molecule has 1 aliphatic rings. The number of aliphatic carboxylic acids is 1. The predicted molar refractivity (Wildman–Crippen MR) is 135 cm³/mol. The lowest BCUT2D eigenvalue weighted by atomic mass is 9.82. The van der Waals surface area contributed by atoms with Crippen molar-refractivity contribution in [1.82, 2.24) is 4.98 Å². The number of nitrogens with zero attached hydrogens (tertiary/aromatic N) is 2. The normalized spacial score (nSPS) is 17.2. The van der Waals surface area contributed by atoms with E-state index in [-0.39, 0.29) is 11.2 Å². The van der Waals surface area contributed by atoms with Gasteiger partial charge in [0.25, 0.3) is 0 Å². The van der Waals surface area contributed by atoms with Crippen molar-refractivity contribution in [3.63, 3.8) is 0 Å². The summed E-state index contributed by atoms with van der Waals surface area (Å²) in [6.45, 7) is 15.6. The van der Waals surface area contributed by atoms with Gasteiger partial charge in [-0.3, -0.25) is 4.98 Å². The molecule has 2 heterocycles. The minimum atomic E-state index is -1.14. The number of carbonyl (C=O) groups is 1. The number of halogens is 1. The van der Waals surface area contributed by atoms with Crippen molar-refractivity contribution >= 4 is 23.8 Å². The average molecular weight is 469 g/mol. The fourth-order valence-corrected chi connectivity index (χ4v) is 4.39. The minimum Gasteiger partial charge on any atom is -0.479 e. The highest BCUT2D eigenvalue weighted by atomic mass is 19.1. The van der Waals surface area contributed by atoms with Crippen LogP contribution in [0, 0.1) is 25.1 Å². The molecule has 1 aromatic heterocycles. The van der Waals surface area contributed by atoms with Gasteiger partial charge in [-0.1, -0.05) is 38.1 Å². The summed E-state index contributed by atoms with van der Waals surface area (Å²) < 4.78 is 19.4. The van der Waals surface area contributed by atoms with Crippen LogP contribution in [0.3, 0.4) is 0 Å². The van der Waals surface area contributed by atoms with Gasteiger partial charge in [0.15, 0.2) is 6.10 Å². The number of piperidine rings is 1. The largest absolute Gasteiger partial charge is 0.479 e. The minimum absolute atomic E-state index is 0.242. The molecule has 1 atom stereocenters. The molecular formula is C28H37FN2O3. The maximum atomic E-state index is 13.4. The van der Waals surface area contributed by atoms with Crippen molar-refractivity contribution in [3.05, 3.63) is 58.2 Å². The van der Waals surface area contributed by atoms with E-state index in [1.807, 2.05) is 46.8 Å². The highest BCUT2D eigenvalue weighted by Crippen LogP contribution is 2.41. The highest BCUT2D eigenvalue weighted by Gasteiger charge is 2.35. The Hall–Kier alpha value is -2.73. The number of pyridine rings is 1. The van der Waals surface area contributed by atoms with Gasteiger partial charge in [-0.25, -0.2) is 9.18 Å². The van der Waals surface area contributed by atoms with Crippen LogP contribution in [0.15, 0.2) is 24.3 Å². The zero-order valence-electron chi connectivity index (χ0n) is 21.4. The van der Waals surface area contributed by atoms with Crippen LogP contribution in [0.4, 0.5) is 10.1 Å². The summed E-state index contributed by atoms with van der Waals surface area (Å²) in [4.78, 5) is 19.5. The number of hydrogen-bond donors (Lipinski definition) is 1. The van der Waals surface area contributed by atoms with Crippen LogP contribution in [-0.4, -0.2) is 34.8 Å². The van der Waals surface area contributed by atoms with E-state index < -0.39 is 17.7 Å². The number of carboxylic acid groups (broad SMARTS) is 1. The molecule has 1 aliphatic heterocycles. The second-order valence-electron chi connectivity index (χ2n) is 10.9. The fraction of sp³-hybridized carbons (Fsp3) is 0.500. The number of hydrogen-bond acceptors (Lipinski definition) is 4. The van der Waals surface area contributed by atoms with Gasteiger partial charge in [-0.05, 0) is 70.6 Å². The molecule has 184 valence electrons. The Kier molecular flexibility index (Phi) is 7.51. The molecule has 1 fully saturated rings. The summed E-state index contributed by atoms with van der Waals surface area (Å²) in [5.41, 5.74) is 4.27. The van der Waals surface area contributed by atoms with Gasteiger partial charge < -0.3 is 14.7 Å². The topological polar surface area (TPSA) is 62.7 Å². The van der Waals surface area contributed by atoms with Crippen molar-refractivity contribution in [1.29, 1.82) is 0 Å². The van der Waals surface area contributed by atoms with Crippen LogP contribution in [0.25, 0.3) is 12.2 Å². The smallest absolute Gasteiger partial charge is 0.337 e. The maximum Gasteiger partial charge on any atom is 0.337 e. The molecule has 6 heteroatoms. The summed E-state index contributed by atoms with van der Waals surface area (Å²) in [6, 6.07) is 6.29. The molecular weight excluding hydrogens is 431 g/mol. The molecule has 0 spiro atoms. The van der Waals surface area contributed by atoms with Gasteiger partial charge in [0, 0.05) is 35.6 Å². The van der Waals surface area contributed by atoms with E-state index in [1.54, 1.807) is 12.1 Å². The summed E-state index contributed by atoms with van der Waals surface area (Å²) in [6.07, 6.45) is 4.75. The van der Waals surface area contributed by atoms with E-state index in [0.29, 0.717) is 11.3 Å². The van der Waals surface area contributed by atoms with E-state index in [1.165, 1.54) is 12.1 Å². The van der Waals surface area contributed by atoms with Crippen molar-refractivity contribution in [2.45, 2.75) is 73.0 Å². The van der Waals surface area contributed by atoms with E-state index >= 15 is 0 Å². The van der Waals surface area contributed by atoms with Gasteiger partial charge in [0.1, 0.15) is 5.82 Å². The molecule has 3 rings (SSSR count). The number of aromatic nitrogens is 1. The molecule has 0 radical (unpaired) electrons. The lowest BCUT2D eigenvalue weighted by Gasteiger charge is -2.41. The number of rotatable bonds is 6. The van der Waals surface area contributed by atoms with Crippen LogP contribution in [0.1, 0.15) is 81.6 Å². The molecule has 0 amide bonds. The van der Waals surface area contributed by atoms with E-state index in [9.17, 15) is 14.3 Å². The van der Waals surface area contributed by atoms with Crippen LogP contribution in [-0.2, 0) is 9.53 Å². The Balaban J connectivity index is 2.20. The number of anilines is 1. The summed E-state index contributed by atoms with van der Waals surface area (Å²) in [5.74, 6) is -1.32. The van der Waals surface area contributed by atoms with Crippen molar-refractivity contribution in [2.24, 2.45) is 5.41 Å². The quantitative estimate of drug-likeness (QED) is 0.519. The number of ether oxygens (including phenoxy) is 1. The Morgan fingerprint density at radius 2 is 1.71 bits per heavy atom. The van der Waals surface area contributed by atoms with E-state index in [4.69, 9.17) is 9.72 Å². The second kappa shape index (κ2) is 9.87. The lowest BCUT2D eigenvalue weighted by molar-refractivity contribution is -0.160. The second-order valence-corrected chi connectivity index (χ2v) is 10.9. The first-order chi connectivity index (χ1) is 15.8. The molecule has 5 nitrogen and oxygen atoms in total. The summed E-state index contributed by atoms with van der Waals surface area (Å²) in [7, 11) is 0. The number of aryl methyl sites for hydroxylation is 2. The maximum absolute atomic E-state index is 13.4. The van der Waals surface area contributed by atoms with Gasteiger partial charge in [0.05, 0.1) is 11.3 Å². The molecule has 1 aromatic carbocycles. The summed E-state index contributed by atoms with van der Waals surface area (Å²) in [5, 5.41) is 10.2. The SMILES string of the molecule is Cc1nc(C)c([C@H](OC(C)(C)C)C(=O)O)c(N2CCC(C)(C)CC2)c1C=Cc1ccc(F)cc1. The third kappa shape index (κ3) is 6.23. The zero-order valence-corrected chi connectivity index (χ0v) is 21.4. The lowest BCUT2D eigenvalue weighted by Crippen LogP contribution is -2.39. The van der Waals surface area contributed by atoms with Crippen LogP contribution in [0.2, 0.25) is 0 Å². The Morgan fingerprint density at radius 1 is 1.12 bits per heavy atom. The number of benzene rings is 1. The molecule has 0 saturated carbocycles. The van der Waals surface area contributed by atoms with E-state index in [2.05, 4.69) is 18.7 Å². The first-order valence-corrected chi connectivity index (χ1v) is 11.9. The van der Waals surface area contributed by atoms with Gasteiger partial charge in [0.2, 0.25) is 0 Å². The Bertz CT molecular complexity index is 1060. The third-order valence-corrected chi connectivity index (χ3v) is 6.33. The molecule has 0 bridgehead atoms. The Morgan fingerprint density at radius 3 is 2.24 bits per heavy atom. The van der Waals surface area contributed by atoms with Crippen molar-refractivity contribution in [3.8, 4) is 0 Å². The van der Waals surface area contributed by atoms with Crippen LogP contribution in [0.5, 0.6) is 0 Å².